The molecule has 1 aromatic carbocycles. The van der Waals surface area contributed by atoms with Crippen LogP contribution in [0.3, 0.4) is 0 Å². The van der Waals surface area contributed by atoms with E-state index >= 15 is 0 Å². The molecule has 1 fully saturated rings. The van der Waals surface area contributed by atoms with Crippen molar-refractivity contribution in [1.82, 2.24) is 5.32 Å². The highest BCUT2D eigenvalue weighted by Crippen LogP contribution is 2.33. The Morgan fingerprint density at radius 3 is 2.47 bits per heavy atom. The molecule has 2 N–H and O–H groups in total. The summed E-state index contributed by atoms with van der Waals surface area (Å²) in [6.07, 6.45) is 5.19. The maximum Gasteiger partial charge on any atom is 0.251 e. The zero-order chi connectivity index (χ0) is 12.1. The van der Waals surface area contributed by atoms with Crippen LogP contribution in [0.4, 0.5) is 0 Å². The Labute approximate surface area is 102 Å². The van der Waals surface area contributed by atoms with Gasteiger partial charge in [-0.25, -0.2) is 0 Å². The first-order chi connectivity index (χ1) is 8.31. The number of rotatable bonds is 4. The van der Waals surface area contributed by atoms with Gasteiger partial charge >= 0.3 is 0 Å². The van der Waals surface area contributed by atoms with Crippen LogP contribution in [0.1, 0.15) is 47.5 Å². The fourth-order valence-electron chi connectivity index (χ4n) is 2.44. The summed E-state index contributed by atoms with van der Waals surface area (Å²) in [4.78, 5) is 11.6. The van der Waals surface area contributed by atoms with Crippen LogP contribution in [-0.4, -0.2) is 24.2 Å². The summed E-state index contributed by atoms with van der Waals surface area (Å²) < 4.78 is 0. The van der Waals surface area contributed by atoms with Gasteiger partial charge in [-0.05, 0) is 36.5 Å². The van der Waals surface area contributed by atoms with Gasteiger partial charge in [0.1, 0.15) is 0 Å². The SMILES string of the molecule is O=C(NCCO)c1ccc(C2CCCC2)cc1. The second-order valence-corrected chi connectivity index (χ2v) is 4.58. The second-order valence-electron chi connectivity index (χ2n) is 4.58. The summed E-state index contributed by atoms with van der Waals surface area (Å²) in [5, 5.41) is 11.3. The van der Waals surface area contributed by atoms with Gasteiger partial charge in [-0.3, -0.25) is 4.79 Å². The fraction of sp³-hybridized carbons (Fsp3) is 0.500. The van der Waals surface area contributed by atoms with Gasteiger partial charge in [0.2, 0.25) is 0 Å². The lowest BCUT2D eigenvalue weighted by Crippen LogP contribution is -2.26. The molecule has 0 atom stereocenters. The van der Waals surface area contributed by atoms with E-state index in [0.717, 1.165) is 0 Å². The topological polar surface area (TPSA) is 49.3 Å². The molecule has 0 aliphatic heterocycles. The monoisotopic (exact) mass is 233 g/mol. The molecule has 1 aliphatic rings. The van der Waals surface area contributed by atoms with E-state index in [2.05, 4.69) is 17.4 Å². The van der Waals surface area contributed by atoms with Crippen LogP contribution in [0.5, 0.6) is 0 Å². The molecule has 0 bridgehead atoms. The number of hydrogen-bond donors (Lipinski definition) is 2. The molecular formula is C14H19NO2. The molecule has 1 amide bonds. The molecule has 1 saturated carbocycles. The van der Waals surface area contributed by atoms with Crippen molar-refractivity contribution in [2.75, 3.05) is 13.2 Å². The molecule has 3 heteroatoms. The summed E-state index contributed by atoms with van der Waals surface area (Å²) in [5.74, 6) is 0.571. The van der Waals surface area contributed by atoms with E-state index in [4.69, 9.17) is 5.11 Å². The van der Waals surface area contributed by atoms with Crippen molar-refractivity contribution in [3.05, 3.63) is 35.4 Å². The van der Waals surface area contributed by atoms with E-state index in [0.29, 0.717) is 18.0 Å². The second kappa shape index (κ2) is 5.82. The minimum atomic E-state index is -0.114. The largest absolute Gasteiger partial charge is 0.395 e. The highest BCUT2D eigenvalue weighted by molar-refractivity contribution is 5.94. The molecule has 2 rings (SSSR count). The van der Waals surface area contributed by atoms with Crippen molar-refractivity contribution >= 4 is 5.91 Å². The van der Waals surface area contributed by atoms with Gasteiger partial charge in [-0.15, -0.1) is 0 Å². The molecule has 0 radical (unpaired) electrons. The molecule has 3 nitrogen and oxygen atoms in total. The van der Waals surface area contributed by atoms with E-state index in [1.54, 1.807) is 0 Å². The van der Waals surface area contributed by atoms with Crippen molar-refractivity contribution in [2.24, 2.45) is 0 Å². The van der Waals surface area contributed by atoms with Crippen LogP contribution in [0, 0.1) is 0 Å². The Bertz CT molecular complexity index is 366. The maximum absolute atomic E-state index is 11.6. The molecule has 0 saturated heterocycles. The summed E-state index contributed by atoms with van der Waals surface area (Å²) in [6.45, 7) is 0.287. The van der Waals surface area contributed by atoms with Crippen molar-refractivity contribution < 1.29 is 9.90 Å². The standard InChI is InChI=1S/C14H19NO2/c16-10-9-15-14(17)13-7-5-12(6-8-13)11-3-1-2-4-11/h5-8,11,16H,1-4,9-10H2,(H,15,17). The molecule has 92 valence electrons. The molecule has 0 heterocycles. The van der Waals surface area contributed by atoms with Crippen LogP contribution < -0.4 is 5.32 Å². The Hall–Kier alpha value is -1.35. The van der Waals surface area contributed by atoms with E-state index < -0.39 is 0 Å². The molecule has 0 aromatic heterocycles. The third-order valence-electron chi connectivity index (χ3n) is 3.40. The van der Waals surface area contributed by atoms with Gasteiger partial charge in [0.15, 0.2) is 0 Å². The van der Waals surface area contributed by atoms with E-state index in [-0.39, 0.29) is 12.5 Å². The number of hydrogen-bond acceptors (Lipinski definition) is 2. The normalized spacial score (nSPS) is 16.1. The van der Waals surface area contributed by atoms with Crippen LogP contribution in [-0.2, 0) is 0 Å². The average Bonchev–Trinajstić information content (AvgIpc) is 2.90. The Balaban J connectivity index is 1.99. The minimum Gasteiger partial charge on any atom is -0.395 e. The first kappa shape index (κ1) is 12.1. The highest BCUT2D eigenvalue weighted by Gasteiger charge is 2.17. The molecule has 1 aromatic rings. The molecule has 0 spiro atoms. The molecule has 1 aliphatic carbocycles. The lowest BCUT2D eigenvalue weighted by Gasteiger charge is -2.10. The number of aliphatic hydroxyl groups excluding tert-OH is 1. The first-order valence-electron chi connectivity index (χ1n) is 6.30. The van der Waals surface area contributed by atoms with E-state index in [1.807, 2.05) is 12.1 Å². The Kier molecular flexibility index (Phi) is 4.15. The Morgan fingerprint density at radius 1 is 1.24 bits per heavy atom. The summed E-state index contributed by atoms with van der Waals surface area (Å²) in [7, 11) is 0. The highest BCUT2D eigenvalue weighted by atomic mass is 16.3. The van der Waals surface area contributed by atoms with Gasteiger partial charge < -0.3 is 10.4 Å². The lowest BCUT2D eigenvalue weighted by atomic mass is 9.96. The van der Waals surface area contributed by atoms with Gasteiger partial charge in [0.25, 0.3) is 5.91 Å². The van der Waals surface area contributed by atoms with E-state index in [9.17, 15) is 4.79 Å². The molecule has 17 heavy (non-hydrogen) atoms. The van der Waals surface area contributed by atoms with E-state index in [1.165, 1.54) is 31.2 Å². The van der Waals surface area contributed by atoms with Gasteiger partial charge in [0, 0.05) is 12.1 Å². The number of aliphatic hydroxyl groups is 1. The molecular weight excluding hydrogens is 214 g/mol. The zero-order valence-corrected chi connectivity index (χ0v) is 9.98. The van der Waals surface area contributed by atoms with Gasteiger partial charge in [-0.1, -0.05) is 25.0 Å². The molecule has 0 unspecified atom stereocenters. The predicted molar refractivity (Wildman–Crippen MR) is 67.1 cm³/mol. The Morgan fingerprint density at radius 2 is 1.88 bits per heavy atom. The third kappa shape index (κ3) is 3.07. The van der Waals surface area contributed by atoms with Crippen molar-refractivity contribution in [1.29, 1.82) is 0 Å². The maximum atomic E-state index is 11.6. The smallest absolute Gasteiger partial charge is 0.251 e. The van der Waals surface area contributed by atoms with Crippen molar-refractivity contribution in [2.45, 2.75) is 31.6 Å². The van der Waals surface area contributed by atoms with Crippen molar-refractivity contribution in [3.8, 4) is 0 Å². The minimum absolute atomic E-state index is 0.0219. The zero-order valence-electron chi connectivity index (χ0n) is 9.98. The lowest BCUT2D eigenvalue weighted by molar-refractivity contribution is 0.0945. The number of carbonyl (C=O) groups excluding carboxylic acids is 1. The average molecular weight is 233 g/mol. The van der Waals surface area contributed by atoms with Gasteiger partial charge in [-0.2, -0.15) is 0 Å². The number of carbonyl (C=O) groups is 1. The number of amides is 1. The summed E-state index contributed by atoms with van der Waals surface area (Å²) in [6, 6.07) is 7.87. The van der Waals surface area contributed by atoms with Crippen LogP contribution in [0.2, 0.25) is 0 Å². The third-order valence-corrected chi connectivity index (χ3v) is 3.40. The fourth-order valence-corrected chi connectivity index (χ4v) is 2.44. The van der Waals surface area contributed by atoms with Gasteiger partial charge in [0.05, 0.1) is 6.61 Å². The van der Waals surface area contributed by atoms with Crippen LogP contribution in [0.25, 0.3) is 0 Å². The number of benzene rings is 1. The van der Waals surface area contributed by atoms with Crippen molar-refractivity contribution in [3.63, 3.8) is 0 Å². The van der Waals surface area contributed by atoms with Crippen LogP contribution in [0.15, 0.2) is 24.3 Å². The predicted octanol–water partition coefficient (Wildman–Crippen LogP) is 2.07. The van der Waals surface area contributed by atoms with Crippen LogP contribution >= 0.6 is 0 Å². The summed E-state index contributed by atoms with van der Waals surface area (Å²) in [5.41, 5.74) is 2.02. The number of nitrogens with one attached hydrogen (secondary N) is 1. The first-order valence-corrected chi connectivity index (χ1v) is 6.30. The quantitative estimate of drug-likeness (QED) is 0.836. The summed E-state index contributed by atoms with van der Waals surface area (Å²) >= 11 is 0.